The molecule has 0 spiro atoms. The second kappa shape index (κ2) is 19.5. The van der Waals surface area contributed by atoms with Gasteiger partial charge in [0, 0.05) is 0 Å². The number of aliphatic hydroxyl groups is 4. The highest BCUT2D eigenvalue weighted by molar-refractivity contribution is 5.76. The van der Waals surface area contributed by atoms with E-state index in [1.807, 2.05) is 6.07 Å². The largest absolute Gasteiger partial charge is 0.459 e. The van der Waals surface area contributed by atoms with Gasteiger partial charge in [0.15, 0.2) is 18.8 Å². The lowest BCUT2D eigenvalue weighted by Gasteiger charge is -2.49. The van der Waals surface area contributed by atoms with E-state index >= 15 is 0 Å². The van der Waals surface area contributed by atoms with Gasteiger partial charge in [0.05, 0.1) is 35.1 Å². The number of hydrogen-bond acceptors (Lipinski definition) is 14. The molecule has 0 aromatic heterocycles. The van der Waals surface area contributed by atoms with Gasteiger partial charge in [-0.1, -0.05) is 44.2 Å². The lowest BCUT2D eigenvalue weighted by molar-refractivity contribution is -0.297. The number of rotatable bonds is 18. The summed E-state index contributed by atoms with van der Waals surface area (Å²) in [5.41, 5.74) is -4.16. The fourth-order valence-electron chi connectivity index (χ4n) is 6.81. The number of aliphatic hydroxyl groups excluding tert-OH is 4. The Morgan fingerprint density at radius 1 is 0.707 bits per heavy atom. The number of ether oxygens (including phenoxy) is 8. The van der Waals surface area contributed by atoms with Crippen LogP contribution in [0.25, 0.3) is 0 Å². The van der Waals surface area contributed by atoms with Crippen molar-refractivity contribution in [3.05, 3.63) is 35.9 Å². The van der Waals surface area contributed by atoms with E-state index in [2.05, 4.69) is 4.74 Å². The Bertz CT molecular complexity index is 1470. The van der Waals surface area contributed by atoms with Crippen molar-refractivity contribution in [1.82, 2.24) is 0 Å². The highest BCUT2D eigenvalue weighted by atomic mass is 19.4. The molecule has 10 atom stereocenters. The standard InChI is InChI=1S/C41H65F3O14/c1-22(2)38(7,8)58-30-26(46)27(47)33(54-32(30)36(50)52-21-41(42,43)44)39(9,10)53-19-18-37(5,6)57-29-25(45)28(48)34(40(11,12)56-23(3)4)55-31(29)35(49)51-20-24-16-14-13-15-17-24/h13-17,22-23,25-34,45-48H,18-21H2,1-12H3/t25-,26-,27+,28+,29+,30+,31?,32?,33-,34-/m1/s1. The molecule has 0 bridgehead atoms. The molecule has 2 unspecified atom stereocenters. The van der Waals surface area contributed by atoms with Crippen LogP contribution in [0.1, 0.15) is 95.1 Å². The zero-order chi connectivity index (χ0) is 44.2. The molecule has 3 rings (SSSR count). The molecule has 2 aliphatic rings. The molecule has 2 heterocycles. The number of esters is 2. The summed E-state index contributed by atoms with van der Waals surface area (Å²) in [4.78, 5) is 26.7. The summed E-state index contributed by atoms with van der Waals surface area (Å²) < 4.78 is 85.7. The van der Waals surface area contributed by atoms with Gasteiger partial charge in [-0.25, -0.2) is 9.59 Å². The Labute approximate surface area is 339 Å². The van der Waals surface area contributed by atoms with Gasteiger partial charge in [-0.05, 0) is 87.1 Å². The van der Waals surface area contributed by atoms with Crippen LogP contribution in [-0.4, -0.2) is 141 Å². The average molecular weight is 839 g/mol. The molecule has 17 heteroatoms. The third kappa shape index (κ3) is 13.3. The Morgan fingerprint density at radius 2 is 1.19 bits per heavy atom. The maximum atomic E-state index is 13.6. The van der Waals surface area contributed by atoms with Gasteiger partial charge < -0.3 is 58.3 Å². The molecule has 2 saturated heterocycles. The lowest BCUT2D eigenvalue weighted by Crippen LogP contribution is -2.67. The van der Waals surface area contributed by atoms with Crippen molar-refractivity contribution in [3.63, 3.8) is 0 Å². The van der Waals surface area contributed by atoms with Gasteiger partial charge >= 0.3 is 18.1 Å². The minimum atomic E-state index is -4.84. The monoisotopic (exact) mass is 838 g/mol. The van der Waals surface area contributed by atoms with E-state index < -0.39 is 108 Å². The maximum absolute atomic E-state index is 13.6. The summed E-state index contributed by atoms with van der Waals surface area (Å²) >= 11 is 0. The predicted octanol–water partition coefficient (Wildman–Crippen LogP) is 4.19. The maximum Gasteiger partial charge on any atom is 0.422 e. The smallest absolute Gasteiger partial charge is 0.422 e. The molecule has 58 heavy (non-hydrogen) atoms. The number of benzene rings is 1. The van der Waals surface area contributed by atoms with E-state index in [1.165, 1.54) is 13.8 Å². The van der Waals surface area contributed by atoms with Crippen molar-refractivity contribution in [2.24, 2.45) is 5.92 Å². The van der Waals surface area contributed by atoms with Gasteiger partial charge in [0.25, 0.3) is 0 Å². The van der Waals surface area contributed by atoms with Crippen molar-refractivity contribution >= 4 is 11.9 Å². The first-order chi connectivity index (χ1) is 26.5. The molecule has 1 aromatic rings. The Kier molecular flexibility index (Phi) is 16.8. The minimum Gasteiger partial charge on any atom is -0.459 e. The Balaban J connectivity index is 1.80. The Morgan fingerprint density at radius 3 is 1.67 bits per heavy atom. The van der Waals surface area contributed by atoms with Gasteiger partial charge in [-0.2, -0.15) is 13.2 Å². The van der Waals surface area contributed by atoms with Crippen LogP contribution in [0.3, 0.4) is 0 Å². The van der Waals surface area contributed by atoms with Crippen LogP contribution in [0.5, 0.6) is 0 Å². The quantitative estimate of drug-likeness (QED) is 0.154. The molecule has 1 aromatic carbocycles. The van der Waals surface area contributed by atoms with Crippen LogP contribution in [0, 0.1) is 5.92 Å². The normalized spacial score (nSPS) is 29.1. The molecule has 0 amide bonds. The molecule has 334 valence electrons. The number of carbonyl (C=O) groups excluding carboxylic acids is 2. The van der Waals surface area contributed by atoms with Gasteiger partial charge in [0.1, 0.15) is 55.4 Å². The van der Waals surface area contributed by atoms with Crippen LogP contribution in [0.15, 0.2) is 30.3 Å². The first-order valence-corrected chi connectivity index (χ1v) is 19.6. The molecule has 0 radical (unpaired) electrons. The first kappa shape index (κ1) is 49.9. The molecule has 4 N–H and O–H groups in total. The molecular weight excluding hydrogens is 773 g/mol. The van der Waals surface area contributed by atoms with E-state index in [0.29, 0.717) is 5.56 Å². The van der Waals surface area contributed by atoms with Gasteiger partial charge in [-0.15, -0.1) is 0 Å². The highest BCUT2D eigenvalue weighted by Gasteiger charge is 2.57. The van der Waals surface area contributed by atoms with Crippen molar-refractivity contribution in [2.45, 2.75) is 192 Å². The fourth-order valence-corrected chi connectivity index (χ4v) is 6.81. The molecular formula is C41H65F3O14. The fraction of sp³-hybridized carbons (Fsp3) is 0.805. The third-order valence-electron chi connectivity index (χ3n) is 10.6. The number of hydrogen-bond donors (Lipinski definition) is 4. The lowest BCUT2D eigenvalue weighted by atomic mass is 9.85. The van der Waals surface area contributed by atoms with Crippen LogP contribution < -0.4 is 0 Å². The van der Waals surface area contributed by atoms with Crippen LogP contribution in [0.4, 0.5) is 13.2 Å². The molecule has 0 saturated carbocycles. The van der Waals surface area contributed by atoms with E-state index in [-0.39, 0.29) is 31.7 Å². The summed E-state index contributed by atoms with van der Waals surface area (Å²) in [6.45, 7) is 18.0. The zero-order valence-corrected chi connectivity index (χ0v) is 35.6. The van der Waals surface area contributed by atoms with Crippen LogP contribution in [0.2, 0.25) is 0 Å². The van der Waals surface area contributed by atoms with E-state index in [4.69, 9.17) is 33.2 Å². The van der Waals surface area contributed by atoms with Crippen molar-refractivity contribution in [2.75, 3.05) is 13.2 Å². The van der Waals surface area contributed by atoms with Gasteiger partial charge in [0.2, 0.25) is 0 Å². The minimum absolute atomic E-state index is 0.0592. The Hall–Kier alpha value is -2.45. The zero-order valence-electron chi connectivity index (χ0n) is 35.6. The third-order valence-corrected chi connectivity index (χ3v) is 10.6. The SMILES string of the molecule is CC(C)OC(C)(C)[C@@H]1OC(C(=O)OCc2ccccc2)[C@@H](OC(C)(C)CCOC(C)(C)[C@@H]2OC(C(=O)OCC(F)(F)F)[C@@H](OC(C)(C)C(C)C)[C@H](O)[C@@H]2O)[C@H](O)[C@@H]1O. The summed E-state index contributed by atoms with van der Waals surface area (Å²) in [5.74, 6) is -2.47. The average Bonchev–Trinajstić information content (AvgIpc) is 3.09. The molecule has 0 aliphatic carbocycles. The van der Waals surface area contributed by atoms with E-state index in [0.717, 1.165) is 0 Å². The second-order valence-corrected chi connectivity index (χ2v) is 17.9. The number of carbonyl (C=O) groups is 2. The van der Waals surface area contributed by atoms with E-state index in [9.17, 15) is 43.2 Å². The van der Waals surface area contributed by atoms with Crippen molar-refractivity contribution in [3.8, 4) is 0 Å². The van der Waals surface area contributed by atoms with E-state index in [1.54, 1.807) is 93.5 Å². The molecule has 2 aliphatic heterocycles. The van der Waals surface area contributed by atoms with Gasteiger partial charge in [-0.3, -0.25) is 0 Å². The molecule has 14 nitrogen and oxygen atoms in total. The predicted molar refractivity (Wildman–Crippen MR) is 202 cm³/mol. The second-order valence-electron chi connectivity index (χ2n) is 17.9. The molecule has 2 fully saturated rings. The summed E-state index contributed by atoms with van der Waals surface area (Å²) in [7, 11) is 0. The number of alkyl halides is 3. The first-order valence-electron chi connectivity index (χ1n) is 19.6. The van der Waals surface area contributed by atoms with Crippen LogP contribution >= 0.6 is 0 Å². The number of halogens is 3. The van der Waals surface area contributed by atoms with Crippen molar-refractivity contribution in [1.29, 1.82) is 0 Å². The summed E-state index contributed by atoms with van der Waals surface area (Å²) in [6, 6.07) is 8.93. The van der Waals surface area contributed by atoms with Crippen molar-refractivity contribution < 1.29 is 81.1 Å². The summed E-state index contributed by atoms with van der Waals surface area (Å²) in [5, 5.41) is 45.4. The topological polar surface area (TPSA) is 189 Å². The summed E-state index contributed by atoms with van der Waals surface area (Å²) in [6.07, 6.45) is -20.8. The van der Waals surface area contributed by atoms with Crippen LogP contribution in [-0.2, 0) is 54.1 Å². The highest BCUT2D eigenvalue weighted by Crippen LogP contribution is 2.38.